The lowest BCUT2D eigenvalue weighted by molar-refractivity contribution is -0.130. The Morgan fingerprint density at radius 3 is 2.58 bits per heavy atom. The first kappa shape index (κ1) is 16.4. The van der Waals surface area contributed by atoms with Gasteiger partial charge in [-0.3, -0.25) is 14.4 Å². The highest BCUT2D eigenvalue weighted by molar-refractivity contribution is 6.13. The van der Waals surface area contributed by atoms with Crippen molar-refractivity contribution in [3.63, 3.8) is 0 Å². The molecule has 1 aliphatic carbocycles. The van der Waals surface area contributed by atoms with Gasteiger partial charge in [-0.25, -0.2) is 9.66 Å². The fourth-order valence-corrected chi connectivity index (χ4v) is 3.27. The average Bonchev–Trinajstić information content (AvgIpc) is 2.91. The predicted octanol–water partition coefficient (Wildman–Crippen LogP) is 2.14. The third-order valence-electron chi connectivity index (χ3n) is 4.65. The van der Waals surface area contributed by atoms with Crippen molar-refractivity contribution in [3.05, 3.63) is 40.4 Å². The van der Waals surface area contributed by atoms with Crippen molar-refractivity contribution in [2.75, 3.05) is 5.43 Å². The molecule has 1 fully saturated rings. The molecule has 1 aromatic carbocycles. The number of benzene rings is 1. The fourth-order valence-electron chi connectivity index (χ4n) is 3.27. The van der Waals surface area contributed by atoms with Gasteiger partial charge in [-0.2, -0.15) is 0 Å². The molecule has 24 heavy (non-hydrogen) atoms. The molecule has 1 unspecified atom stereocenters. The lowest BCUT2D eigenvalue weighted by Gasteiger charge is -2.29. The molecule has 1 aromatic heterocycles. The quantitative estimate of drug-likeness (QED) is 0.870. The summed E-state index contributed by atoms with van der Waals surface area (Å²) < 4.78 is 1.30. The van der Waals surface area contributed by atoms with Gasteiger partial charge >= 0.3 is 0 Å². The molecule has 1 saturated carbocycles. The first-order valence-corrected chi connectivity index (χ1v) is 8.21. The number of nitrogens with one attached hydrogen (secondary N) is 1. The van der Waals surface area contributed by atoms with Crippen LogP contribution in [0.3, 0.4) is 0 Å². The van der Waals surface area contributed by atoms with E-state index in [9.17, 15) is 14.4 Å². The molecule has 126 valence electrons. The van der Waals surface area contributed by atoms with Crippen molar-refractivity contribution < 1.29 is 9.59 Å². The van der Waals surface area contributed by atoms with Crippen LogP contribution in [0.1, 0.15) is 51.8 Å². The summed E-state index contributed by atoms with van der Waals surface area (Å²) in [5.41, 5.74) is 1.96. The Hall–Kier alpha value is -2.50. The van der Waals surface area contributed by atoms with E-state index in [1.165, 1.54) is 11.6 Å². The molecule has 0 spiro atoms. The van der Waals surface area contributed by atoms with E-state index in [0.29, 0.717) is 36.0 Å². The van der Waals surface area contributed by atoms with Crippen LogP contribution < -0.4 is 11.0 Å². The molecule has 1 atom stereocenters. The van der Waals surface area contributed by atoms with Crippen LogP contribution >= 0.6 is 0 Å². The van der Waals surface area contributed by atoms with Crippen LogP contribution in [-0.2, 0) is 9.59 Å². The number of Topliss-reactive ketones (excluding diaryl/α,β-unsaturated/α-hetero) is 2. The number of nitrogens with zero attached hydrogens (tertiary/aromatic N) is 2. The number of hydrogen-bond donors (Lipinski definition) is 1. The molecule has 1 N–H and O–H groups in total. The Labute approximate surface area is 139 Å². The SMILES string of the molecule is CC(=O)C1(Nn2c(C(C)C)nc3ccccc3c2=O)CCCC1=O. The van der Waals surface area contributed by atoms with Crippen LogP contribution in [0.2, 0.25) is 0 Å². The topological polar surface area (TPSA) is 81.1 Å². The number of ketones is 2. The van der Waals surface area contributed by atoms with Crippen LogP contribution in [0.25, 0.3) is 10.9 Å². The zero-order valence-electron chi connectivity index (χ0n) is 14.1. The van der Waals surface area contributed by atoms with Crippen molar-refractivity contribution in [1.82, 2.24) is 9.66 Å². The van der Waals surface area contributed by atoms with E-state index in [1.54, 1.807) is 18.2 Å². The zero-order chi connectivity index (χ0) is 17.5. The van der Waals surface area contributed by atoms with Crippen LogP contribution in [-0.4, -0.2) is 26.8 Å². The second-order valence-corrected chi connectivity index (χ2v) is 6.63. The summed E-state index contributed by atoms with van der Waals surface area (Å²) in [6, 6.07) is 7.08. The molecular weight excluding hydrogens is 306 g/mol. The largest absolute Gasteiger partial charge is 0.300 e. The Morgan fingerprint density at radius 1 is 1.29 bits per heavy atom. The summed E-state index contributed by atoms with van der Waals surface area (Å²) in [5, 5.41) is 0.457. The van der Waals surface area contributed by atoms with E-state index in [2.05, 4.69) is 10.4 Å². The number of aromatic nitrogens is 2. The van der Waals surface area contributed by atoms with Crippen LogP contribution in [0.5, 0.6) is 0 Å². The van der Waals surface area contributed by atoms with Gasteiger partial charge in [0.1, 0.15) is 5.82 Å². The molecule has 1 aliphatic rings. The number of carbonyl (C=O) groups excluding carboxylic acids is 2. The summed E-state index contributed by atoms with van der Waals surface area (Å²) >= 11 is 0. The van der Waals surface area contributed by atoms with Gasteiger partial charge in [0.05, 0.1) is 10.9 Å². The number of hydrogen-bond acceptors (Lipinski definition) is 5. The second kappa shape index (κ2) is 5.85. The van der Waals surface area contributed by atoms with Crippen molar-refractivity contribution in [2.45, 2.75) is 51.5 Å². The Balaban J connectivity index is 2.23. The molecule has 0 radical (unpaired) electrons. The number of fused-ring (bicyclic) bond motifs is 1. The minimum atomic E-state index is -1.32. The first-order chi connectivity index (χ1) is 11.4. The lowest BCUT2D eigenvalue weighted by atomic mass is 9.93. The van der Waals surface area contributed by atoms with Crippen molar-refractivity contribution in [1.29, 1.82) is 0 Å². The van der Waals surface area contributed by atoms with E-state index in [0.717, 1.165) is 0 Å². The van der Waals surface area contributed by atoms with Gasteiger partial charge in [0, 0.05) is 12.3 Å². The van der Waals surface area contributed by atoms with Gasteiger partial charge < -0.3 is 5.43 Å². The van der Waals surface area contributed by atoms with Gasteiger partial charge in [0.15, 0.2) is 17.1 Å². The van der Waals surface area contributed by atoms with Crippen molar-refractivity contribution >= 4 is 22.5 Å². The summed E-state index contributed by atoms with van der Waals surface area (Å²) in [5.74, 6) is 0.0406. The molecule has 0 saturated heterocycles. The Morgan fingerprint density at radius 2 is 2.00 bits per heavy atom. The highest BCUT2D eigenvalue weighted by Crippen LogP contribution is 2.29. The third-order valence-corrected chi connectivity index (χ3v) is 4.65. The predicted molar refractivity (Wildman–Crippen MR) is 91.7 cm³/mol. The average molecular weight is 327 g/mol. The molecule has 3 rings (SSSR count). The van der Waals surface area contributed by atoms with E-state index in [1.807, 2.05) is 19.9 Å². The maximum atomic E-state index is 13.0. The van der Waals surface area contributed by atoms with Crippen LogP contribution in [0, 0.1) is 0 Å². The molecule has 0 aliphatic heterocycles. The zero-order valence-corrected chi connectivity index (χ0v) is 14.1. The molecule has 6 nitrogen and oxygen atoms in total. The van der Waals surface area contributed by atoms with Gasteiger partial charge in [-0.15, -0.1) is 0 Å². The minimum Gasteiger partial charge on any atom is -0.300 e. The molecule has 0 bridgehead atoms. The number of carbonyl (C=O) groups is 2. The summed E-state index contributed by atoms with van der Waals surface area (Å²) in [7, 11) is 0. The second-order valence-electron chi connectivity index (χ2n) is 6.63. The monoisotopic (exact) mass is 327 g/mol. The molecular formula is C18H21N3O3. The van der Waals surface area contributed by atoms with Gasteiger partial charge in [-0.1, -0.05) is 26.0 Å². The van der Waals surface area contributed by atoms with Crippen LogP contribution in [0.4, 0.5) is 0 Å². The van der Waals surface area contributed by atoms with Gasteiger partial charge in [0.25, 0.3) is 5.56 Å². The van der Waals surface area contributed by atoms with Gasteiger partial charge in [0.2, 0.25) is 0 Å². The highest BCUT2D eigenvalue weighted by atomic mass is 16.2. The van der Waals surface area contributed by atoms with E-state index < -0.39 is 5.54 Å². The normalized spacial score (nSPS) is 20.8. The summed E-state index contributed by atoms with van der Waals surface area (Å²) in [4.78, 5) is 42.1. The maximum absolute atomic E-state index is 13.0. The number of para-hydroxylation sites is 1. The van der Waals surface area contributed by atoms with Crippen molar-refractivity contribution in [3.8, 4) is 0 Å². The minimum absolute atomic E-state index is 0.0460. The third kappa shape index (κ3) is 2.42. The highest BCUT2D eigenvalue weighted by Gasteiger charge is 2.47. The van der Waals surface area contributed by atoms with Crippen LogP contribution in [0.15, 0.2) is 29.1 Å². The molecule has 2 aromatic rings. The van der Waals surface area contributed by atoms with E-state index >= 15 is 0 Å². The Bertz CT molecular complexity index is 885. The lowest BCUT2D eigenvalue weighted by Crippen LogP contribution is -2.55. The van der Waals surface area contributed by atoms with Crippen molar-refractivity contribution in [2.24, 2.45) is 0 Å². The van der Waals surface area contributed by atoms with E-state index in [-0.39, 0.29) is 23.0 Å². The molecule has 1 heterocycles. The first-order valence-electron chi connectivity index (χ1n) is 8.21. The molecule has 6 heteroatoms. The van der Waals surface area contributed by atoms with Gasteiger partial charge in [-0.05, 0) is 31.9 Å². The Kier molecular flexibility index (Phi) is 3.99. The standard InChI is InChI=1S/C18H21N3O3/c1-11(2)16-19-14-8-5-4-7-13(14)17(24)21(16)20-18(12(3)22)10-6-9-15(18)23/h4-5,7-8,11,20H,6,9-10H2,1-3H3. The smallest absolute Gasteiger partial charge is 0.280 e. The number of rotatable bonds is 4. The van der Waals surface area contributed by atoms with E-state index in [4.69, 9.17) is 0 Å². The fraction of sp³-hybridized carbons (Fsp3) is 0.444. The maximum Gasteiger partial charge on any atom is 0.280 e. The molecule has 0 amide bonds. The summed E-state index contributed by atoms with van der Waals surface area (Å²) in [6.07, 6.45) is 1.38. The summed E-state index contributed by atoms with van der Waals surface area (Å²) in [6.45, 7) is 5.24.